The molecule has 0 aliphatic rings. The fourth-order valence-corrected chi connectivity index (χ4v) is 3.39. The maximum Gasteiger partial charge on any atom is 0.255 e. The van der Waals surface area contributed by atoms with Gasteiger partial charge >= 0.3 is 0 Å². The van der Waals surface area contributed by atoms with E-state index in [9.17, 15) is 9.59 Å². The number of benzene rings is 2. The molecule has 0 spiro atoms. The number of amides is 2. The first-order chi connectivity index (χ1) is 16.1. The fourth-order valence-electron chi connectivity index (χ4n) is 3.39. The van der Waals surface area contributed by atoms with Crippen molar-refractivity contribution in [2.24, 2.45) is 0 Å². The predicted molar refractivity (Wildman–Crippen MR) is 133 cm³/mol. The quantitative estimate of drug-likeness (QED) is 0.377. The molecular weight excluding hydrogens is 414 g/mol. The lowest BCUT2D eigenvalue weighted by molar-refractivity contribution is 0.0951. The SMILES string of the molecule is CCN(CC)CCCNC(=O)c1ccc(Nc2cccc(C(=O)Nc3ccncc3)c2)cc1. The van der Waals surface area contributed by atoms with Crippen molar-refractivity contribution in [2.75, 3.05) is 36.8 Å². The van der Waals surface area contributed by atoms with E-state index in [0.29, 0.717) is 23.4 Å². The molecule has 33 heavy (non-hydrogen) atoms. The van der Waals surface area contributed by atoms with Gasteiger partial charge in [-0.1, -0.05) is 19.9 Å². The molecule has 0 saturated carbocycles. The first-order valence-corrected chi connectivity index (χ1v) is 11.3. The molecule has 3 aromatic rings. The fraction of sp³-hybridized carbons (Fsp3) is 0.269. The number of carbonyl (C=O) groups is 2. The van der Waals surface area contributed by atoms with Crippen LogP contribution in [0.2, 0.25) is 0 Å². The highest BCUT2D eigenvalue weighted by Crippen LogP contribution is 2.19. The van der Waals surface area contributed by atoms with Crippen LogP contribution in [-0.4, -0.2) is 47.9 Å². The average Bonchev–Trinajstić information content (AvgIpc) is 2.85. The number of pyridine rings is 1. The molecule has 0 aliphatic heterocycles. The van der Waals surface area contributed by atoms with E-state index in [1.165, 1.54) is 0 Å². The molecule has 0 bridgehead atoms. The molecule has 0 fully saturated rings. The predicted octanol–water partition coefficient (Wildman–Crippen LogP) is 4.54. The third-order valence-electron chi connectivity index (χ3n) is 5.33. The van der Waals surface area contributed by atoms with Gasteiger partial charge in [0.2, 0.25) is 0 Å². The smallest absolute Gasteiger partial charge is 0.255 e. The lowest BCUT2D eigenvalue weighted by atomic mass is 10.1. The first-order valence-electron chi connectivity index (χ1n) is 11.3. The Labute approximate surface area is 195 Å². The highest BCUT2D eigenvalue weighted by atomic mass is 16.2. The molecular formula is C26H31N5O2. The van der Waals surface area contributed by atoms with Gasteiger partial charge in [0.15, 0.2) is 0 Å². The number of aromatic nitrogens is 1. The van der Waals surface area contributed by atoms with Crippen LogP contribution in [0.15, 0.2) is 73.1 Å². The molecule has 172 valence electrons. The van der Waals surface area contributed by atoms with Crippen LogP contribution in [0.4, 0.5) is 17.1 Å². The van der Waals surface area contributed by atoms with Gasteiger partial charge in [-0.2, -0.15) is 0 Å². The van der Waals surface area contributed by atoms with Gasteiger partial charge in [-0.05, 0) is 80.7 Å². The van der Waals surface area contributed by atoms with Crippen molar-refractivity contribution in [1.82, 2.24) is 15.2 Å². The second kappa shape index (κ2) is 12.4. The van der Waals surface area contributed by atoms with Gasteiger partial charge in [0.1, 0.15) is 0 Å². The third-order valence-corrected chi connectivity index (χ3v) is 5.33. The number of nitrogens with one attached hydrogen (secondary N) is 3. The molecule has 2 aromatic carbocycles. The summed E-state index contributed by atoms with van der Waals surface area (Å²) in [5, 5.41) is 9.11. The van der Waals surface area contributed by atoms with Crippen molar-refractivity contribution in [2.45, 2.75) is 20.3 Å². The van der Waals surface area contributed by atoms with Crippen LogP contribution in [0, 0.1) is 0 Å². The molecule has 0 atom stereocenters. The molecule has 3 N–H and O–H groups in total. The van der Waals surface area contributed by atoms with E-state index in [1.54, 1.807) is 48.8 Å². The van der Waals surface area contributed by atoms with Crippen LogP contribution in [0.1, 0.15) is 41.0 Å². The second-order valence-electron chi connectivity index (χ2n) is 7.61. The van der Waals surface area contributed by atoms with Gasteiger partial charge in [-0.25, -0.2) is 0 Å². The monoisotopic (exact) mass is 445 g/mol. The Kier molecular flexibility index (Phi) is 8.97. The molecule has 3 rings (SSSR count). The summed E-state index contributed by atoms with van der Waals surface area (Å²) in [5.41, 5.74) is 3.47. The minimum atomic E-state index is -0.196. The molecule has 7 nitrogen and oxygen atoms in total. The summed E-state index contributed by atoms with van der Waals surface area (Å²) in [6.45, 7) is 7.98. The highest BCUT2D eigenvalue weighted by Gasteiger charge is 2.08. The minimum absolute atomic E-state index is 0.0733. The zero-order valence-electron chi connectivity index (χ0n) is 19.2. The van der Waals surface area contributed by atoms with E-state index in [1.807, 2.05) is 24.3 Å². The Morgan fingerprint density at radius 1 is 0.818 bits per heavy atom. The van der Waals surface area contributed by atoms with Crippen molar-refractivity contribution >= 4 is 28.9 Å². The number of hydrogen-bond donors (Lipinski definition) is 3. The van der Waals surface area contributed by atoms with Crippen LogP contribution in [-0.2, 0) is 0 Å². The third kappa shape index (κ3) is 7.43. The molecule has 7 heteroatoms. The van der Waals surface area contributed by atoms with Crippen LogP contribution < -0.4 is 16.0 Å². The van der Waals surface area contributed by atoms with Gasteiger partial charge < -0.3 is 20.9 Å². The van der Waals surface area contributed by atoms with E-state index >= 15 is 0 Å². The zero-order valence-corrected chi connectivity index (χ0v) is 19.2. The normalized spacial score (nSPS) is 10.6. The summed E-state index contributed by atoms with van der Waals surface area (Å²) < 4.78 is 0. The topological polar surface area (TPSA) is 86.4 Å². The van der Waals surface area contributed by atoms with E-state index < -0.39 is 0 Å². The van der Waals surface area contributed by atoms with Crippen LogP contribution in [0.5, 0.6) is 0 Å². The molecule has 0 radical (unpaired) electrons. The Bertz CT molecular complexity index is 1030. The summed E-state index contributed by atoms with van der Waals surface area (Å²) in [5.74, 6) is -0.270. The van der Waals surface area contributed by atoms with Crippen LogP contribution in [0.3, 0.4) is 0 Å². The lowest BCUT2D eigenvalue weighted by Crippen LogP contribution is -2.29. The standard InChI is InChI=1S/C26H31N5O2/c1-3-31(4-2)18-6-15-28-25(32)20-9-11-22(12-10-20)29-24-8-5-7-21(19-24)26(33)30-23-13-16-27-17-14-23/h5,7-14,16-17,19,29H,3-4,6,15,18H2,1-2H3,(H,28,32)(H,27,30,33). The number of nitrogens with zero attached hydrogens (tertiary/aromatic N) is 2. The number of carbonyl (C=O) groups excluding carboxylic acids is 2. The van der Waals surface area contributed by atoms with Crippen molar-refractivity contribution in [1.29, 1.82) is 0 Å². The average molecular weight is 446 g/mol. The van der Waals surface area contributed by atoms with E-state index in [2.05, 4.69) is 39.7 Å². The molecule has 1 aromatic heterocycles. The largest absolute Gasteiger partial charge is 0.356 e. The van der Waals surface area contributed by atoms with Crippen molar-refractivity contribution in [3.63, 3.8) is 0 Å². The van der Waals surface area contributed by atoms with Gasteiger partial charge in [0.25, 0.3) is 11.8 Å². The maximum atomic E-state index is 12.5. The van der Waals surface area contributed by atoms with Gasteiger partial charge in [0, 0.05) is 47.1 Å². The molecule has 0 aliphatic carbocycles. The second-order valence-corrected chi connectivity index (χ2v) is 7.61. The van der Waals surface area contributed by atoms with Gasteiger partial charge in [-0.3, -0.25) is 14.6 Å². The zero-order chi connectivity index (χ0) is 23.5. The summed E-state index contributed by atoms with van der Waals surface area (Å²) in [7, 11) is 0. The summed E-state index contributed by atoms with van der Waals surface area (Å²) in [6, 6.07) is 18.0. The van der Waals surface area contributed by atoms with Crippen molar-refractivity contribution in [3.05, 3.63) is 84.2 Å². The summed E-state index contributed by atoms with van der Waals surface area (Å²) >= 11 is 0. The minimum Gasteiger partial charge on any atom is -0.356 e. The van der Waals surface area contributed by atoms with E-state index in [4.69, 9.17) is 0 Å². The Morgan fingerprint density at radius 2 is 1.55 bits per heavy atom. The van der Waals surface area contributed by atoms with Crippen molar-refractivity contribution in [3.8, 4) is 0 Å². The molecule has 2 amide bonds. The highest BCUT2D eigenvalue weighted by molar-refractivity contribution is 6.04. The van der Waals surface area contributed by atoms with Crippen LogP contribution in [0.25, 0.3) is 0 Å². The van der Waals surface area contributed by atoms with Gasteiger partial charge in [-0.15, -0.1) is 0 Å². The van der Waals surface area contributed by atoms with Crippen LogP contribution >= 0.6 is 0 Å². The number of hydrogen-bond acceptors (Lipinski definition) is 5. The maximum absolute atomic E-state index is 12.5. The Balaban J connectivity index is 1.53. The Morgan fingerprint density at radius 3 is 2.24 bits per heavy atom. The van der Waals surface area contributed by atoms with Crippen molar-refractivity contribution < 1.29 is 9.59 Å². The summed E-state index contributed by atoms with van der Waals surface area (Å²) in [4.78, 5) is 31.2. The van der Waals surface area contributed by atoms with E-state index in [0.717, 1.165) is 37.4 Å². The molecule has 0 unspecified atom stereocenters. The summed E-state index contributed by atoms with van der Waals surface area (Å²) in [6.07, 6.45) is 4.19. The molecule has 0 saturated heterocycles. The Hall–Kier alpha value is -3.71. The van der Waals surface area contributed by atoms with Gasteiger partial charge in [0.05, 0.1) is 0 Å². The van der Waals surface area contributed by atoms with E-state index in [-0.39, 0.29) is 11.8 Å². The number of rotatable bonds is 11. The number of anilines is 3. The lowest BCUT2D eigenvalue weighted by Gasteiger charge is -2.17. The first kappa shape index (κ1) is 23.9. The molecule has 1 heterocycles.